The number of carbonyl (C=O) groups is 7. The molecule has 2 amide bonds. The van der Waals surface area contributed by atoms with Crippen LogP contribution in [0.5, 0.6) is 5.75 Å². The van der Waals surface area contributed by atoms with E-state index in [4.69, 9.17) is 33.2 Å². The van der Waals surface area contributed by atoms with Gasteiger partial charge in [-0.05, 0) is 41.5 Å². The Hall–Kier alpha value is -6.68. The fourth-order valence-electron chi connectivity index (χ4n) is 7.25. The minimum absolute atomic E-state index is 0.100. The maximum Gasteiger partial charge on any atom is 0.407 e. The third kappa shape index (κ3) is 12.8. The number of hydrogen-bond donors (Lipinski definition) is 2. The van der Waals surface area contributed by atoms with Crippen LogP contribution in [0.4, 0.5) is 26.7 Å². The third-order valence-electron chi connectivity index (χ3n) is 10.1. The Labute approximate surface area is 373 Å². The van der Waals surface area contributed by atoms with Crippen LogP contribution in [0.1, 0.15) is 70.4 Å². The number of amides is 2. The lowest BCUT2D eigenvalue weighted by Gasteiger charge is -2.44. The average molecular weight is 937 g/mol. The van der Waals surface area contributed by atoms with E-state index < -0.39 is 132 Å². The topological polar surface area (TPSA) is 217 Å². The summed E-state index contributed by atoms with van der Waals surface area (Å²) in [6.07, 6.45) is -8.52. The summed E-state index contributed by atoms with van der Waals surface area (Å²) in [6.45, 7) is 3.43. The Kier molecular flexibility index (Phi) is 17.5. The van der Waals surface area contributed by atoms with Gasteiger partial charge in [-0.1, -0.05) is 48.5 Å². The van der Waals surface area contributed by atoms with E-state index in [0.29, 0.717) is 6.42 Å². The number of fused-ring (bicyclic) bond motifs is 3. The minimum Gasteiger partial charge on any atom is -0.463 e. The predicted octanol–water partition coefficient (Wildman–Crippen LogP) is 4.97. The van der Waals surface area contributed by atoms with Crippen molar-refractivity contribution in [3.63, 3.8) is 0 Å². The van der Waals surface area contributed by atoms with Crippen molar-refractivity contribution >= 4 is 41.8 Å². The van der Waals surface area contributed by atoms with Crippen LogP contribution in [0.15, 0.2) is 48.5 Å². The number of alkyl carbamates (subject to hydrolysis) is 1. The highest BCUT2D eigenvalue weighted by Gasteiger charge is 2.52. The van der Waals surface area contributed by atoms with E-state index in [2.05, 4.69) is 15.4 Å². The number of benzene rings is 3. The summed E-state index contributed by atoms with van der Waals surface area (Å²) in [7, 11) is 0. The lowest BCUT2D eigenvalue weighted by atomic mass is 9.98. The molecule has 1 heterocycles. The van der Waals surface area contributed by atoms with Gasteiger partial charge in [0.15, 0.2) is 24.6 Å². The summed E-state index contributed by atoms with van der Waals surface area (Å²) < 4.78 is 113. The second-order valence-electron chi connectivity index (χ2n) is 14.9. The number of esters is 5. The molecule has 3 aromatic rings. The van der Waals surface area contributed by atoms with Crippen molar-refractivity contribution in [1.82, 2.24) is 10.6 Å². The first-order chi connectivity index (χ1) is 31.4. The molecule has 2 N–H and O–H groups in total. The summed E-state index contributed by atoms with van der Waals surface area (Å²) in [4.78, 5) is 87.1. The molecule has 17 nitrogen and oxygen atoms in total. The van der Waals surface area contributed by atoms with E-state index in [9.17, 15) is 55.5 Å². The van der Waals surface area contributed by atoms with Crippen molar-refractivity contribution in [2.75, 3.05) is 26.4 Å². The summed E-state index contributed by atoms with van der Waals surface area (Å²) >= 11 is 0. The first-order valence-electron chi connectivity index (χ1n) is 20.4. The Morgan fingerprint density at radius 2 is 1.18 bits per heavy atom. The quantitative estimate of drug-likeness (QED) is 0.0309. The van der Waals surface area contributed by atoms with Crippen molar-refractivity contribution in [2.24, 2.45) is 0 Å². The van der Waals surface area contributed by atoms with E-state index in [-0.39, 0.29) is 32.6 Å². The van der Waals surface area contributed by atoms with Crippen molar-refractivity contribution < 1.29 is 93.4 Å². The van der Waals surface area contributed by atoms with Gasteiger partial charge in [0.1, 0.15) is 25.4 Å². The molecular weight excluding hydrogens is 891 g/mol. The zero-order valence-electron chi connectivity index (χ0n) is 35.8. The first-order valence-corrected chi connectivity index (χ1v) is 20.4. The second kappa shape index (κ2) is 23.0. The molecule has 1 aliphatic carbocycles. The summed E-state index contributed by atoms with van der Waals surface area (Å²) in [5.74, 6) is -20.3. The molecule has 22 heteroatoms. The van der Waals surface area contributed by atoms with Crippen molar-refractivity contribution in [1.29, 1.82) is 0 Å². The number of carbonyl (C=O) groups excluding carboxylic acids is 7. The molecule has 5 rings (SSSR count). The SMILES string of the molecule is CC(=O)OC[C@H]1O[C@@H](OCCCCCNC(=O)[C@H](CC(=O)Oc2c(F)c(F)c(F)c(F)c2F)NC(=O)OCC2c3ccccc3-c3ccccc32)[C@H](OC(C)=O)[C@@H](OC(C)=O)[C@H]1OC(C)=O. The zero-order chi connectivity index (χ0) is 48.2. The fourth-order valence-corrected chi connectivity index (χ4v) is 7.25. The van der Waals surface area contributed by atoms with Crippen LogP contribution < -0.4 is 15.4 Å². The molecule has 0 spiro atoms. The van der Waals surface area contributed by atoms with E-state index >= 15 is 0 Å². The maximum absolute atomic E-state index is 14.3. The highest BCUT2D eigenvalue weighted by molar-refractivity contribution is 5.90. The van der Waals surface area contributed by atoms with E-state index in [0.717, 1.165) is 49.9 Å². The van der Waals surface area contributed by atoms with Crippen molar-refractivity contribution in [2.45, 2.75) is 96.0 Å². The van der Waals surface area contributed by atoms with Gasteiger partial charge in [-0.3, -0.25) is 28.8 Å². The Bertz CT molecular complexity index is 2240. The van der Waals surface area contributed by atoms with Crippen LogP contribution in [-0.4, -0.2) is 105 Å². The van der Waals surface area contributed by atoms with Gasteiger partial charge in [-0.2, -0.15) is 8.78 Å². The molecule has 1 aliphatic heterocycles. The molecule has 6 atom stereocenters. The minimum atomic E-state index is -2.49. The largest absolute Gasteiger partial charge is 0.463 e. The molecule has 0 aromatic heterocycles. The molecule has 1 fully saturated rings. The van der Waals surface area contributed by atoms with Gasteiger partial charge in [0.2, 0.25) is 40.7 Å². The molecule has 356 valence electrons. The lowest BCUT2D eigenvalue weighted by molar-refractivity contribution is -0.308. The monoisotopic (exact) mass is 936 g/mol. The molecule has 2 aliphatic rings. The number of ether oxygens (including phenoxy) is 8. The Balaban J connectivity index is 1.21. The average Bonchev–Trinajstić information content (AvgIpc) is 3.59. The lowest BCUT2D eigenvalue weighted by Crippen LogP contribution is -2.63. The van der Waals surface area contributed by atoms with Crippen LogP contribution in [0, 0.1) is 29.1 Å². The predicted molar refractivity (Wildman–Crippen MR) is 213 cm³/mol. The van der Waals surface area contributed by atoms with Gasteiger partial charge < -0.3 is 48.5 Å². The Morgan fingerprint density at radius 3 is 1.76 bits per heavy atom. The van der Waals surface area contributed by atoms with Gasteiger partial charge in [0.05, 0.1) is 6.42 Å². The highest BCUT2D eigenvalue weighted by Crippen LogP contribution is 2.44. The molecule has 1 saturated heterocycles. The van der Waals surface area contributed by atoms with E-state index in [1.54, 1.807) is 0 Å². The highest BCUT2D eigenvalue weighted by atomic mass is 19.2. The van der Waals surface area contributed by atoms with Crippen LogP contribution >= 0.6 is 0 Å². The van der Waals surface area contributed by atoms with Gasteiger partial charge >= 0.3 is 35.9 Å². The van der Waals surface area contributed by atoms with Crippen LogP contribution in [0.2, 0.25) is 0 Å². The number of rotatable bonds is 19. The normalized spacial score (nSPS) is 19.0. The smallest absolute Gasteiger partial charge is 0.407 e. The summed E-state index contributed by atoms with van der Waals surface area (Å²) in [5, 5.41) is 4.69. The van der Waals surface area contributed by atoms with E-state index in [1.807, 2.05) is 48.5 Å². The molecule has 0 saturated carbocycles. The van der Waals surface area contributed by atoms with Crippen LogP contribution in [0.3, 0.4) is 0 Å². The Morgan fingerprint density at radius 1 is 0.636 bits per heavy atom. The number of halogens is 5. The number of unbranched alkanes of at least 4 members (excludes halogenated alkanes) is 2. The number of hydrogen-bond acceptors (Lipinski definition) is 15. The first kappa shape index (κ1) is 50.3. The van der Waals surface area contributed by atoms with Crippen LogP contribution in [0.25, 0.3) is 11.1 Å². The van der Waals surface area contributed by atoms with Gasteiger partial charge in [0, 0.05) is 46.8 Å². The second-order valence-corrected chi connectivity index (χ2v) is 14.9. The summed E-state index contributed by atoms with van der Waals surface area (Å²) in [6, 6.07) is 13.0. The number of nitrogens with one attached hydrogen (secondary N) is 2. The fraction of sp³-hybridized carbons (Fsp3) is 0.432. The molecule has 0 unspecified atom stereocenters. The van der Waals surface area contributed by atoms with Crippen molar-refractivity contribution in [3.05, 3.63) is 88.7 Å². The molecule has 0 bridgehead atoms. The van der Waals surface area contributed by atoms with Crippen molar-refractivity contribution in [3.8, 4) is 16.9 Å². The summed E-state index contributed by atoms with van der Waals surface area (Å²) in [5.41, 5.74) is 3.55. The molecular formula is C44H45F5N2O15. The van der Waals surface area contributed by atoms with Crippen LogP contribution in [-0.2, 0) is 61.9 Å². The van der Waals surface area contributed by atoms with Gasteiger partial charge in [-0.25, -0.2) is 18.0 Å². The molecule has 66 heavy (non-hydrogen) atoms. The standard InChI is InChI=1S/C44H45F5N2O15/c1-21(52)60-20-31-38(62-22(2)53)40(63-23(3)54)41(64-24(4)55)43(65-31)59-17-11-5-10-16-50-42(57)30(18-32(56)66-39-36(48)34(46)33(45)35(47)37(39)49)51-44(58)61-19-29-27-14-8-6-12-25(27)26-13-7-9-15-28(26)29/h6-9,12-15,29-31,38,40-41,43H,5,10-11,16-20H2,1-4H3,(H,50,57)(H,51,58)/t30-,31+,38-,40-,41+,43+/m0/s1. The van der Waals surface area contributed by atoms with Gasteiger partial charge in [0.25, 0.3) is 0 Å². The molecule has 0 radical (unpaired) electrons. The molecule has 3 aromatic carbocycles. The maximum atomic E-state index is 14.3. The van der Waals surface area contributed by atoms with Gasteiger partial charge in [-0.15, -0.1) is 0 Å². The zero-order valence-corrected chi connectivity index (χ0v) is 35.8. The van der Waals surface area contributed by atoms with E-state index in [1.165, 1.54) is 0 Å². The third-order valence-corrected chi connectivity index (χ3v) is 10.1.